The van der Waals surface area contributed by atoms with Gasteiger partial charge in [0.1, 0.15) is 18.1 Å². The number of rotatable bonds is 8. The SMILES string of the molecule is C=C(C)COc1cccc(C(=O)Nc2cccc(OC(C)CC)c2)c1. The molecule has 1 amide bonds. The molecule has 132 valence electrons. The van der Waals surface area contributed by atoms with E-state index in [1.807, 2.05) is 44.2 Å². The first-order valence-corrected chi connectivity index (χ1v) is 8.43. The van der Waals surface area contributed by atoms with E-state index in [-0.39, 0.29) is 12.0 Å². The summed E-state index contributed by atoms with van der Waals surface area (Å²) in [5.41, 5.74) is 2.15. The molecule has 0 bridgehead atoms. The summed E-state index contributed by atoms with van der Waals surface area (Å²) in [5, 5.41) is 2.89. The van der Waals surface area contributed by atoms with Crippen molar-refractivity contribution in [1.29, 1.82) is 0 Å². The van der Waals surface area contributed by atoms with E-state index in [1.54, 1.807) is 18.2 Å². The van der Waals surface area contributed by atoms with Crippen LogP contribution >= 0.6 is 0 Å². The molecule has 0 aliphatic rings. The quantitative estimate of drug-likeness (QED) is 0.683. The Labute approximate surface area is 149 Å². The summed E-state index contributed by atoms with van der Waals surface area (Å²) < 4.78 is 11.4. The highest BCUT2D eigenvalue weighted by Gasteiger charge is 2.09. The third-order valence-corrected chi connectivity index (χ3v) is 3.59. The molecule has 4 nitrogen and oxygen atoms in total. The maximum absolute atomic E-state index is 12.5. The topological polar surface area (TPSA) is 47.6 Å². The van der Waals surface area contributed by atoms with Crippen molar-refractivity contribution in [2.75, 3.05) is 11.9 Å². The Morgan fingerprint density at radius 3 is 2.60 bits per heavy atom. The maximum Gasteiger partial charge on any atom is 0.255 e. The first-order valence-electron chi connectivity index (χ1n) is 8.43. The monoisotopic (exact) mass is 339 g/mol. The van der Waals surface area contributed by atoms with Crippen molar-refractivity contribution in [3.63, 3.8) is 0 Å². The van der Waals surface area contributed by atoms with Crippen molar-refractivity contribution in [2.24, 2.45) is 0 Å². The molecule has 0 aromatic heterocycles. The van der Waals surface area contributed by atoms with Crippen LogP contribution < -0.4 is 14.8 Å². The minimum atomic E-state index is -0.193. The minimum Gasteiger partial charge on any atom is -0.491 e. The Kier molecular flexibility index (Phi) is 6.63. The van der Waals surface area contributed by atoms with E-state index < -0.39 is 0 Å². The van der Waals surface area contributed by atoms with Gasteiger partial charge in [-0.05, 0) is 56.2 Å². The summed E-state index contributed by atoms with van der Waals surface area (Å²) in [6.45, 7) is 10.2. The molecule has 0 radical (unpaired) electrons. The molecule has 2 rings (SSSR count). The van der Waals surface area contributed by atoms with Gasteiger partial charge in [0.2, 0.25) is 0 Å². The summed E-state index contributed by atoms with van der Waals surface area (Å²) in [4.78, 5) is 12.5. The molecule has 1 N–H and O–H groups in total. The second kappa shape index (κ2) is 8.92. The number of hydrogen-bond donors (Lipinski definition) is 1. The predicted octanol–water partition coefficient (Wildman–Crippen LogP) is 5.07. The fourth-order valence-corrected chi connectivity index (χ4v) is 2.10. The molecular formula is C21H25NO3. The van der Waals surface area contributed by atoms with E-state index >= 15 is 0 Å². The molecule has 0 fully saturated rings. The average molecular weight is 339 g/mol. The minimum absolute atomic E-state index is 0.132. The predicted molar refractivity (Wildman–Crippen MR) is 102 cm³/mol. The molecule has 0 spiro atoms. The summed E-state index contributed by atoms with van der Waals surface area (Å²) in [6.07, 6.45) is 1.06. The van der Waals surface area contributed by atoms with Crippen LogP contribution in [0.1, 0.15) is 37.6 Å². The van der Waals surface area contributed by atoms with Gasteiger partial charge >= 0.3 is 0 Å². The van der Waals surface area contributed by atoms with Crippen molar-refractivity contribution in [2.45, 2.75) is 33.3 Å². The van der Waals surface area contributed by atoms with Gasteiger partial charge in [-0.15, -0.1) is 0 Å². The van der Waals surface area contributed by atoms with Crippen molar-refractivity contribution < 1.29 is 14.3 Å². The standard InChI is InChI=1S/C21H25NO3/c1-5-16(4)25-20-11-7-9-18(13-20)22-21(23)17-8-6-10-19(12-17)24-14-15(2)3/h6-13,16H,2,5,14H2,1,3-4H3,(H,22,23). The van der Waals surface area contributed by atoms with Crippen LogP contribution in [0.2, 0.25) is 0 Å². The third kappa shape index (κ3) is 5.99. The Bertz CT molecular complexity index is 739. The van der Waals surface area contributed by atoms with Crippen LogP contribution in [0.25, 0.3) is 0 Å². The smallest absolute Gasteiger partial charge is 0.255 e. The van der Waals surface area contributed by atoms with Gasteiger partial charge in [-0.3, -0.25) is 4.79 Å². The molecule has 1 atom stereocenters. The van der Waals surface area contributed by atoms with Crippen molar-refractivity contribution in [3.05, 3.63) is 66.2 Å². The maximum atomic E-state index is 12.5. The summed E-state index contributed by atoms with van der Waals surface area (Å²) in [7, 11) is 0. The van der Waals surface area contributed by atoms with E-state index in [2.05, 4.69) is 18.8 Å². The molecule has 0 saturated heterocycles. The largest absolute Gasteiger partial charge is 0.491 e. The normalized spacial score (nSPS) is 11.5. The lowest BCUT2D eigenvalue weighted by Gasteiger charge is -2.14. The van der Waals surface area contributed by atoms with Crippen molar-refractivity contribution in [3.8, 4) is 11.5 Å². The third-order valence-electron chi connectivity index (χ3n) is 3.59. The van der Waals surface area contributed by atoms with Crippen LogP contribution in [-0.2, 0) is 0 Å². The van der Waals surface area contributed by atoms with Gasteiger partial charge < -0.3 is 14.8 Å². The lowest BCUT2D eigenvalue weighted by Crippen LogP contribution is -2.13. The van der Waals surface area contributed by atoms with Gasteiger partial charge in [0.25, 0.3) is 5.91 Å². The molecule has 4 heteroatoms. The van der Waals surface area contributed by atoms with Gasteiger partial charge in [-0.1, -0.05) is 25.6 Å². The zero-order valence-electron chi connectivity index (χ0n) is 15.0. The second-order valence-electron chi connectivity index (χ2n) is 6.09. The second-order valence-corrected chi connectivity index (χ2v) is 6.09. The van der Waals surface area contributed by atoms with Gasteiger partial charge in [0, 0.05) is 17.3 Å². The van der Waals surface area contributed by atoms with Crippen LogP contribution in [0, 0.1) is 0 Å². The number of hydrogen-bond acceptors (Lipinski definition) is 3. The highest BCUT2D eigenvalue weighted by atomic mass is 16.5. The molecule has 0 aliphatic heterocycles. The zero-order chi connectivity index (χ0) is 18.2. The Morgan fingerprint density at radius 1 is 1.16 bits per heavy atom. The summed E-state index contributed by atoms with van der Waals surface area (Å²) in [5.74, 6) is 1.19. The average Bonchev–Trinajstić information content (AvgIpc) is 2.60. The lowest BCUT2D eigenvalue weighted by atomic mass is 10.2. The highest BCUT2D eigenvalue weighted by Crippen LogP contribution is 2.21. The fourth-order valence-electron chi connectivity index (χ4n) is 2.10. The zero-order valence-corrected chi connectivity index (χ0v) is 15.0. The fraction of sp³-hybridized carbons (Fsp3) is 0.286. The molecular weight excluding hydrogens is 314 g/mol. The van der Waals surface area contributed by atoms with E-state index in [9.17, 15) is 4.79 Å². The molecule has 2 aromatic rings. The number of benzene rings is 2. The number of amides is 1. The highest BCUT2D eigenvalue weighted by molar-refractivity contribution is 6.04. The van der Waals surface area contributed by atoms with Gasteiger partial charge in [0.15, 0.2) is 0 Å². The summed E-state index contributed by atoms with van der Waals surface area (Å²) >= 11 is 0. The van der Waals surface area contributed by atoms with Gasteiger partial charge in [-0.25, -0.2) is 0 Å². The molecule has 2 aromatic carbocycles. The van der Waals surface area contributed by atoms with Crippen molar-refractivity contribution in [1.82, 2.24) is 0 Å². The summed E-state index contributed by atoms with van der Waals surface area (Å²) in [6, 6.07) is 14.5. The number of carbonyl (C=O) groups is 1. The van der Waals surface area contributed by atoms with Crippen LogP contribution in [0.4, 0.5) is 5.69 Å². The Hall–Kier alpha value is -2.75. The number of ether oxygens (including phenoxy) is 2. The molecule has 0 aliphatic carbocycles. The number of carbonyl (C=O) groups excluding carboxylic acids is 1. The van der Waals surface area contributed by atoms with E-state index in [0.717, 1.165) is 17.7 Å². The van der Waals surface area contributed by atoms with Crippen LogP contribution in [0.3, 0.4) is 0 Å². The van der Waals surface area contributed by atoms with E-state index in [4.69, 9.17) is 9.47 Å². The lowest BCUT2D eigenvalue weighted by molar-refractivity contribution is 0.102. The van der Waals surface area contributed by atoms with Crippen LogP contribution in [0.15, 0.2) is 60.7 Å². The number of nitrogens with one attached hydrogen (secondary N) is 1. The molecule has 0 heterocycles. The molecule has 25 heavy (non-hydrogen) atoms. The van der Waals surface area contributed by atoms with E-state index in [0.29, 0.717) is 23.6 Å². The Balaban J connectivity index is 2.05. The van der Waals surface area contributed by atoms with Gasteiger partial charge in [0.05, 0.1) is 6.10 Å². The van der Waals surface area contributed by atoms with Crippen molar-refractivity contribution >= 4 is 11.6 Å². The first kappa shape index (κ1) is 18.6. The van der Waals surface area contributed by atoms with Crippen LogP contribution in [-0.4, -0.2) is 18.6 Å². The van der Waals surface area contributed by atoms with E-state index in [1.165, 1.54) is 0 Å². The number of anilines is 1. The molecule has 0 saturated carbocycles. The van der Waals surface area contributed by atoms with Crippen LogP contribution in [0.5, 0.6) is 11.5 Å². The molecule has 1 unspecified atom stereocenters. The first-order chi connectivity index (χ1) is 12.0. The Morgan fingerprint density at radius 2 is 1.88 bits per heavy atom. The van der Waals surface area contributed by atoms with Gasteiger partial charge in [-0.2, -0.15) is 0 Å².